The van der Waals surface area contributed by atoms with E-state index in [1.807, 2.05) is 24.3 Å². The molecule has 0 saturated heterocycles. The fraction of sp³-hybridized carbons (Fsp3) is 0.389. The predicted molar refractivity (Wildman–Crippen MR) is 103 cm³/mol. The van der Waals surface area contributed by atoms with Gasteiger partial charge in [0, 0.05) is 6.42 Å². The van der Waals surface area contributed by atoms with E-state index in [9.17, 15) is 4.79 Å². The zero-order valence-corrected chi connectivity index (χ0v) is 15.5. The molecule has 9 heteroatoms. The number of para-hydroxylation sites is 1. The maximum absolute atomic E-state index is 13.0. The van der Waals surface area contributed by atoms with Crippen LogP contribution in [0.25, 0.3) is 10.2 Å². The topological polar surface area (TPSA) is 130 Å². The van der Waals surface area contributed by atoms with Crippen LogP contribution in [0.4, 0.5) is 11.9 Å². The Morgan fingerprint density at radius 2 is 1.78 bits per heavy atom. The lowest BCUT2D eigenvalue weighted by Gasteiger charge is -2.25. The van der Waals surface area contributed by atoms with E-state index >= 15 is 0 Å². The van der Waals surface area contributed by atoms with Gasteiger partial charge in [-0.2, -0.15) is 15.0 Å². The van der Waals surface area contributed by atoms with Crippen LogP contribution in [0.15, 0.2) is 24.3 Å². The Morgan fingerprint density at radius 1 is 1.07 bits per heavy atom. The van der Waals surface area contributed by atoms with E-state index in [2.05, 4.69) is 19.9 Å². The molecule has 2 heterocycles. The zero-order valence-electron chi connectivity index (χ0n) is 14.7. The van der Waals surface area contributed by atoms with Crippen molar-refractivity contribution in [3.63, 3.8) is 0 Å². The third-order valence-corrected chi connectivity index (χ3v) is 5.91. The van der Waals surface area contributed by atoms with Gasteiger partial charge in [-0.05, 0) is 25.0 Å². The number of hydrogen-bond donors (Lipinski definition) is 2. The molecule has 1 aromatic carbocycles. The molecule has 0 aliphatic heterocycles. The summed E-state index contributed by atoms with van der Waals surface area (Å²) in [5, 5.41) is 0.962. The number of carbonyl (C=O) groups excluding carboxylic acids is 1. The van der Waals surface area contributed by atoms with Gasteiger partial charge in [0.2, 0.25) is 11.9 Å². The number of carbonyl (C=O) groups is 1. The molecule has 140 valence electrons. The second-order valence-electron chi connectivity index (χ2n) is 6.78. The Balaban J connectivity index is 1.51. The van der Waals surface area contributed by atoms with Crippen molar-refractivity contribution in [2.45, 2.75) is 38.7 Å². The van der Waals surface area contributed by atoms with Gasteiger partial charge in [-0.15, -0.1) is 11.3 Å². The van der Waals surface area contributed by atoms with Gasteiger partial charge in [-0.25, -0.2) is 4.98 Å². The van der Waals surface area contributed by atoms with Gasteiger partial charge in [-0.1, -0.05) is 25.0 Å². The zero-order chi connectivity index (χ0) is 18.9. The second-order valence-corrected chi connectivity index (χ2v) is 7.90. The molecule has 1 aliphatic rings. The summed E-state index contributed by atoms with van der Waals surface area (Å²) >= 11 is 1.63. The Labute approximate surface area is 160 Å². The molecule has 0 spiro atoms. The number of ether oxygens (including phenoxy) is 1. The van der Waals surface area contributed by atoms with Crippen LogP contribution in [0.3, 0.4) is 0 Å². The van der Waals surface area contributed by atoms with Crippen LogP contribution >= 0.6 is 11.3 Å². The monoisotopic (exact) mass is 384 g/mol. The Kier molecular flexibility index (Phi) is 4.61. The van der Waals surface area contributed by atoms with Crippen molar-refractivity contribution in [1.82, 2.24) is 19.9 Å². The first-order chi connectivity index (χ1) is 13.0. The second kappa shape index (κ2) is 7.07. The van der Waals surface area contributed by atoms with Crippen molar-refractivity contribution >= 4 is 39.4 Å². The van der Waals surface area contributed by atoms with E-state index < -0.39 is 5.41 Å². The lowest BCUT2D eigenvalue weighted by Crippen LogP contribution is -2.32. The number of fused-ring (bicyclic) bond motifs is 1. The molecular formula is C18H20N6O2S. The minimum absolute atomic E-state index is 0.0126. The molecular weight excluding hydrogens is 364 g/mol. The minimum Gasteiger partial charge on any atom is -0.457 e. The van der Waals surface area contributed by atoms with E-state index in [4.69, 9.17) is 16.2 Å². The maximum Gasteiger partial charge on any atom is 0.312 e. The van der Waals surface area contributed by atoms with Gasteiger partial charge in [0.15, 0.2) is 12.4 Å². The Hall–Kier alpha value is -2.81. The van der Waals surface area contributed by atoms with Crippen LogP contribution < -0.4 is 11.5 Å². The number of aromatic nitrogens is 4. The number of hydrogen-bond acceptors (Lipinski definition) is 9. The van der Waals surface area contributed by atoms with Crippen molar-refractivity contribution in [2.75, 3.05) is 11.5 Å². The van der Waals surface area contributed by atoms with Crippen LogP contribution in [0.5, 0.6) is 0 Å². The van der Waals surface area contributed by atoms with Crippen LogP contribution in [0, 0.1) is 5.41 Å². The molecule has 0 bridgehead atoms. The highest BCUT2D eigenvalue weighted by atomic mass is 32.1. The highest BCUT2D eigenvalue weighted by Gasteiger charge is 2.43. The molecule has 0 radical (unpaired) electrons. The van der Waals surface area contributed by atoms with Crippen LogP contribution in [0.1, 0.15) is 36.5 Å². The number of benzene rings is 1. The third kappa shape index (κ3) is 3.68. The molecule has 0 unspecified atom stereocenters. The highest BCUT2D eigenvalue weighted by molar-refractivity contribution is 7.18. The molecule has 1 aliphatic carbocycles. The van der Waals surface area contributed by atoms with Gasteiger partial charge >= 0.3 is 5.97 Å². The number of nitrogens with zero attached hydrogens (tertiary/aromatic N) is 4. The molecule has 0 atom stereocenters. The molecule has 27 heavy (non-hydrogen) atoms. The summed E-state index contributed by atoms with van der Waals surface area (Å²) in [6, 6.07) is 8.00. The first-order valence-corrected chi connectivity index (χ1v) is 9.63. The summed E-state index contributed by atoms with van der Waals surface area (Å²) in [6.45, 7) is -0.0721. The summed E-state index contributed by atoms with van der Waals surface area (Å²) in [6.07, 6.45) is 4.19. The van der Waals surface area contributed by atoms with Crippen molar-refractivity contribution in [1.29, 1.82) is 0 Å². The van der Waals surface area contributed by atoms with E-state index in [0.717, 1.165) is 40.9 Å². The molecule has 4 rings (SSSR count). The average molecular weight is 384 g/mol. The maximum atomic E-state index is 13.0. The largest absolute Gasteiger partial charge is 0.457 e. The van der Waals surface area contributed by atoms with E-state index in [-0.39, 0.29) is 30.3 Å². The minimum atomic E-state index is -0.544. The molecule has 3 aromatic rings. The standard InChI is InChI=1S/C18H20N6O2S/c19-16-22-13(23-17(20)24-16)10-26-15(25)18(7-3-4-8-18)9-14-21-11-5-1-2-6-12(11)27-14/h1-2,5-6H,3-4,7-10H2,(H4,19,20,22,23,24). The lowest BCUT2D eigenvalue weighted by atomic mass is 9.83. The molecule has 0 amide bonds. The predicted octanol–water partition coefficient (Wildman–Crippen LogP) is 2.49. The van der Waals surface area contributed by atoms with Crippen LogP contribution in [-0.4, -0.2) is 25.9 Å². The van der Waals surface area contributed by atoms with Crippen LogP contribution in [-0.2, 0) is 22.6 Å². The van der Waals surface area contributed by atoms with Gasteiger partial charge < -0.3 is 16.2 Å². The van der Waals surface area contributed by atoms with Crippen molar-refractivity contribution in [2.24, 2.45) is 5.41 Å². The number of nitrogens with two attached hydrogens (primary N) is 2. The number of anilines is 2. The quantitative estimate of drug-likeness (QED) is 0.642. The summed E-state index contributed by atoms with van der Waals surface area (Å²) < 4.78 is 6.68. The van der Waals surface area contributed by atoms with Crippen molar-refractivity contribution in [3.05, 3.63) is 35.1 Å². The summed E-state index contributed by atoms with van der Waals surface area (Å²) in [4.78, 5) is 29.3. The first-order valence-electron chi connectivity index (χ1n) is 8.82. The Morgan fingerprint density at radius 3 is 2.48 bits per heavy atom. The van der Waals surface area contributed by atoms with Gasteiger partial charge in [-0.3, -0.25) is 4.79 Å². The van der Waals surface area contributed by atoms with Gasteiger partial charge in [0.1, 0.15) is 0 Å². The Bertz CT molecular complexity index is 930. The number of nitrogen functional groups attached to an aromatic ring is 2. The normalized spacial score (nSPS) is 15.9. The fourth-order valence-corrected chi connectivity index (χ4v) is 4.71. The van der Waals surface area contributed by atoms with E-state index in [1.54, 1.807) is 11.3 Å². The molecule has 8 nitrogen and oxygen atoms in total. The third-order valence-electron chi connectivity index (χ3n) is 4.87. The van der Waals surface area contributed by atoms with Crippen LogP contribution in [0.2, 0.25) is 0 Å². The number of esters is 1. The summed E-state index contributed by atoms with van der Waals surface area (Å²) in [5.74, 6) is 0.0375. The lowest BCUT2D eigenvalue weighted by molar-refractivity contribution is -0.157. The smallest absolute Gasteiger partial charge is 0.312 e. The highest BCUT2D eigenvalue weighted by Crippen LogP contribution is 2.43. The first kappa shape index (κ1) is 17.6. The fourth-order valence-electron chi connectivity index (χ4n) is 3.59. The molecule has 4 N–H and O–H groups in total. The van der Waals surface area contributed by atoms with Crippen molar-refractivity contribution < 1.29 is 9.53 Å². The van der Waals surface area contributed by atoms with Gasteiger partial charge in [0.05, 0.1) is 20.6 Å². The summed E-state index contributed by atoms with van der Waals surface area (Å²) in [7, 11) is 0. The van der Waals surface area contributed by atoms with E-state index in [0.29, 0.717) is 6.42 Å². The number of thiazole rings is 1. The van der Waals surface area contributed by atoms with E-state index in [1.165, 1.54) is 0 Å². The average Bonchev–Trinajstić information content (AvgIpc) is 3.26. The SMILES string of the molecule is Nc1nc(N)nc(COC(=O)C2(Cc3nc4ccccc4s3)CCCC2)n1. The van der Waals surface area contributed by atoms with Gasteiger partial charge in [0.25, 0.3) is 0 Å². The number of rotatable bonds is 5. The summed E-state index contributed by atoms with van der Waals surface area (Å²) in [5.41, 5.74) is 11.6. The molecule has 1 fully saturated rings. The molecule has 2 aromatic heterocycles. The molecule has 1 saturated carbocycles. The van der Waals surface area contributed by atoms with Crippen molar-refractivity contribution in [3.8, 4) is 0 Å².